The Hall–Kier alpha value is -0.430. The summed E-state index contributed by atoms with van der Waals surface area (Å²) in [5, 5.41) is 8.83. The molecule has 1 heterocycles. The van der Waals surface area contributed by atoms with Crippen LogP contribution in [0.5, 0.6) is 0 Å². The lowest BCUT2D eigenvalue weighted by Crippen LogP contribution is -2.32. The highest BCUT2D eigenvalue weighted by Gasteiger charge is 2.27. The van der Waals surface area contributed by atoms with Gasteiger partial charge in [-0.1, -0.05) is 6.92 Å². The molecule has 102 valence electrons. The minimum Gasteiger partial charge on any atom is -0.396 e. The van der Waals surface area contributed by atoms with Gasteiger partial charge in [-0.3, -0.25) is 0 Å². The number of nitrogens with one attached hydrogen (secondary N) is 1. The standard InChI is InChI=1S/C12H19NO3S2/c1-9-2-3-10(8-9)13-18(15,16)12-5-4-11(17-12)6-7-14/h4-5,9-10,13-14H,2-3,6-8H2,1H3. The van der Waals surface area contributed by atoms with Crippen LogP contribution < -0.4 is 4.72 Å². The lowest BCUT2D eigenvalue weighted by atomic mass is 10.1. The zero-order valence-electron chi connectivity index (χ0n) is 10.4. The smallest absolute Gasteiger partial charge is 0.250 e. The Morgan fingerprint density at radius 1 is 1.44 bits per heavy atom. The molecule has 1 aromatic heterocycles. The molecule has 1 aliphatic carbocycles. The summed E-state index contributed by atoms with van der Waals surface area (Å²) in [5.41, 5.74) is 0. The highest BCUT2D eigenvalue weighted by atomic mass is 32.2. The van der Waals surface area contributed by atoms with Gasteiger partial charge in [0.2, 0.25) is 10.0 Å². The van der Waals surface area contributed by atoms with Crippen LogP contribution in [0.2, 0.25) is 0 Å². The summed E-state index contributed by atoms with van der Waals surface area (Å²) in [5.74, 6) is 0.603. The molecule has 1 aliphatic rings. The Balaban J connectivity index is 2.05. The van der Waals surface area contributed by atoms with Crippen molar-refractivity contribution in [3.05, 3.63) is 17.0 Å². The van der Waals surface area contributed by atoms with E-state index in [1.165, 1.54) is 11.3 Å². The predicted molar refractivity (Wildman–Crippen MR) is 72.2 cm³/mol. The average molecular weight is 289 g/mol. The van der Waals surface area contributed by atoms with Crippen LogP contribution in [0.15, 0.2) is 16.3 Å². The fourth-order valence-electron chi connectivity index (χ4n) is 2.34. The van der Waals surface area contributed by atoms with Crippen LogP contribution in [0.1, 0.15) is 31.1 Å². The third kappa shape index (κ3) is 3.32. The molecule has 0 aliphatic heterocycles. The first kappa shape index (κ1) is 14.0. The molecule has 0 bridgehead atoms. The van der Waals surface area contributed by atoms with Crippen LogP contribution >= 0.6 is 11.3 Å². The summed E-state index contributed by atoms with van der Waals surface area (Å²) < 4.78 is 27.4. The Labute approximate surface area is 112 Å². The second-order valence-corrected chi connectivity index (χ2v) is 8.04. The summed E-state index contributed by atoms with van der Waals surface area (Å²) in [6, 6.07) is 3.47. The molecule has 1 fully saturated rings. The molecule has 0 saturated heterocycles. The quantitative estimate of drug-likeness (QED) is 0.868. The molecule has 6 heteroatoms. The van der Waals surface area contributed by atoms with Crippen molar-refractivity contribution in [3.8, 4) is 0 Å². The van der Waals surface area contributed by atoms with Crippen molar-refractivity contribution < 1.29 is 13.5 Å². The number of hydrogen-bond acceptors (Lipinski definition) is 4. The highest BCUT2D eigenvalue weighted by Crippen LogP contribution is 2.27. The van der Waals surface area contributed by atoms with E-state index in [1.807, 2.05) is 0 Å². The Morgan fingerprint density at radius 3 is 2.83 bits per heavy atom. The number of hydrogen-bond donors (Lipinski definition) is 2. The van der Waals surface area contributed by atoms with Crippen LogP contribution in [0.25, 0.3) is 0 Å². The molecular weight excluding hydrogens is 270 g/mol. The Morgan fingerprint density at radius 2 is 2.22 bits per heavy atom. The lowest BCUT2D eigenvalue weighted by Gasteiger charge is -2.11. The van der Waals surface area contributed by atoms with Gasteiger partial charge in [0.05, 0.1) is 0 Å². The van der Waals surface area contributed by atoms with Gasteiger partial charge in [0, 0.05) is 23.9 Å². The maximum absolute atomic E-state index is 12.1. The Bertz CT molecular complexity index is 495. The van der Waals surface area contributed by atoms with E-state index in [4.69, 9.17) is 5.11 Å². The maximum Gasteiger partial charge on any atom is 0.250 e. The van der Waals surface area contributed by atoms with E-state index >= 15 is 0 Å². The second kappa shape index (κ2) is 5.69. The lowest BCUT2D eigenvalue weighted by molar-refractivity contribution is 0.300. The van der Waals surface area contributed by atoms with Crippen molar-refractivity contribution in [2.75, 3.05) is 6.61 Å². The highest BCUT2D eigenvalue weighted by molar-refractivity contribution is 7.91. The minimum absolute atomic E-state index is 0.0492. The van der Waals surface area contributed by atoms with Gasteiger partial charge in [-0.15, -0.1) is 11.3 Å². The van der Waals surface area contributed by atoms with E-state index in [0.29, 0.717) is 16.5 Å². The summed E-state index contributed by atoms with van der Waals surface area (Å²) in [6.07, 6.45) is 3.46. The maximum atomic E-state index is 12.1. The number of rotatable bonds is 5. The minimum atomic E-state index is -3.38. The van der Waals surface area contributed by atoms with Crippen molar-refractivity contribution in [2.24, 2.45) is 5.92 Å². The van der Waals surface area contributed by atoms with Crippen molar-refractivity contribution in [2.45, 2.75) is 42.9 Å². The van der Waals surface area contributed by atoms with Crippen LogP contribution in [0.4, 0.5) is 0 Å². The SMILES string of the molecule is CC1CCC(NS(=O)(=O)c2ccc(CCO)s2)C1. The van der Waals surface area contributed by atoms with Crippen molar-refractivity contribution in [1.29, 1.82) is 0 Å². The average Bonchev–Trinajstić information content (AvgIpc) is 2.88. The van der Waals surface area contributed by atoms with Gasteiger partial charge in [0.15, 0.2) is 0 Å². The summed E-state index contributed by atoms with van der Waals surface area (Å²) in [6.45, 7) is 2.20. The van der Waals surface area contributed by atoms with Crippen LogP contribution in [-0.2, 0) is 16.4 Å². The second-order valence-electron chi connectivity index (χ2n) is 4.93. The fraction of sp³-hybridized carbons (Fsp3) is 0.667. The molecule has 0 spiro atoms. The molecule has 2 atom stereocenters. The Kier molecular flexibility index (Phi) is 4.42. The monoisotopic (exact) mass is 289 g/mol. The summed E-state index contributed by atoms with van der Waals surface area (Å²) in [4.78, 5) is 0.901. The van der Waals surface area contributed by atoms with Gasteiger partial charge >= 0.3 is 0 Å². The van der Waals surface area contributed by atoms with Crippen molar-refractivity contribution in [1.82, 2.24) is 4.72 Å². The first-order chi connectivity index (χ1) is 8.51. The molecular formula is C12H19NO3S2. The van der Waals surface area contributed by atoms with Gasteiger partial charge in [-0.25, -0.2) is 13.1 Å². The predicted octanol–water partition coefficient (Wildman–Crippen LogP) is 1.75. The molecule has 0 radical (unpaired) electrons. The van der Waals surface area contributed by atoms with Crippen LogP contribution in [0, 0.1) is 5.92 Å². The van der Waals surface area contributed by atoms with E-state index in [9.17, 15) is 8.42 Å². The largest absolute Gasteiger partial charge is 0.396 e. The van der Waals surface area contributed by atoms with E-state index < -0.39 is 10.0 Å². The molecule has 4 nitrogen and oxygen atoms in total. The molecule has 1 saturated carbocycles. The first-order valence-electron chi connectivity index (χ1n) is 6.23. The topological polar surface area (TPSA) is 66.4 Å². The number of sulfonamides is 1. The first-order valence-corrected chi connectivity index (χ1v) is 8.53. The molecule has 18 heavy (non-hydrogen) atoms. The van der Waals surface area contributed by atoms with Gasteiger partial charge in [0.25, 0.3) is 0 Å². The number of aliphatic hydroxyl groups is 1. The zero-order valence-corrected chi connectivity index (χ0v) is 12.1. The summed E-state index contributed by atoms with van der Waals surface area (Å²) in [7, 11) is -3.38. The third-order valence-electron chi connectivity index (χ3n) is 3.28. The normalized spacial score (nSPS) is 24.6. The molecule has 1 aromatic rings. The molecule has 2 unspecified atom stereocenters. The van der Waals surface area contributed by atoms with Crippen molar-refractivity contribution >= 4 is 21.4 Å². The number of thiophene rings is 1. The van der Waals surface area contributed by atoms with Gasteiger partial charge in [-0.2, -0.15) is 0 Å². The van der Waals surface area contributed by atoms with Gasteiger partial charge in [-0.05, 0) is 37.3 Å². The zero-order chi connectivity index (χ0) is 13.2. The van der Waals surface area contributed by atoms with E-state index in [-0.39, 0.29) is 12.6 Å². The molecule has 2 rings (SSSR count). The fourth-order valence-corrected chi connectivity index (χ4v) is 4.98. The van der Waals surface area contributed by atoms with Gasteiger partial charge < -0.3 is 5.11 Å². The molecule has 0 amide bonds. The molecule has 2 N–H and O–H groups in total. The van der Waals surface area contributed by atoms with Crippen LogP contribution in [-0.4, -0.2) is 26.2 Å². The van der Waals surface area contributed by atoms with Gasteiger partial charge in [0.1, 0.15) is 4.21 Å². The third-order valence-corrected chi connectivity index (χ3v) is 6.43. The number of aliphatic hydroxyl groups excluding tert-OH is 1. The molecule has 0 aromatic carbocycles. The van der Waals surface area contributed by atoms with Crippen LogP contribution in [0.3, 0.4) is 0 Å². The van der Waals surface area contributed by atoms with E-state index in [2.05, 4.69) is 11.6 Å². The van der Waals surface area contributed by atoms with E-state index in [0.717, 1.165) is 24.1 Å². The summed E-state index contributed by atoms with van der Waals surface area (Å²) >= 11 is 1.24. The van der Waals surface area contributed by atoms with Crippen molar-refractivity contribution in [3.63, 3.8) is 0 Å². The van der Waals surface area contributed by atoms with E-state index in [1.54, 1.807) is 12.1 Å².